The third-order valence-electron chi connectivity index (χ3n) is 6.55. The molecule has 180 valence electrons. The van der Waals surface area contributed by atoms with Gasteiger partial charge in [0.15, 0.2) is 22.7 Å². The van der Waals surface area contributed by atoms with E-state index in [1.54, 1.807) is 11.6 Å². The Labute approximate surface area is 195 Å². The van der Waals surface area contributed by atoms with Gasteiger partial charge in [0.25, 0.3) is 0 Å². The Kier molecular flexibility index (Phi) is 4.69. The molecule has 2 N–H and O–H groups in total. The molecule has 5 aromatic rings. The lowest BCUT2D eigenvalue weighted by Gasteiger charge is -2.33. The molecule has 6 rings (SSSR count). The van der Waals surface area contributed by atoms with Gasteiger partial charge < -0.3 is 14.5 Å². The fraction of sp³-hybridized carbons (Fsp3) is 0.318. The highest BCUT2D eigenvalue weighted by molar-refractivity contribution is 5.87. The number of hydrogen-bond acceptors (Lipinski definition) is 6. The van der Waals surface area contributed by atoms with E-state index in [4.69, 9.17) is 0 Å². The summed E-state index contributed by atoms with van der Waals surface area (Å²) in [5, 5.41) is 5.60. The van der Waals surface area contributed by atoms with Crippen LogP contribution in [-0.2, 0) is 13.2 Å². The number of rotatable bonds is 3. The lowest BCUT2D eigenvalue weighted by molar-refractivity contribution is -0.140. The van der Waals surface area contributed by atoms with Crippen molar-refractivity contribution in [1.29, 1.82) is 0 Å². The molecule has 0 unspecified atom stereocenters. The van der Waals surface area contributed by atoms with Gasteiger partial charge >= 0.3 is 11.9 Å². The summed E-state index contributed by atoms with van der Waals surface area (Å²) in [6.07, 6.45) is -0.693. The number of H-pyrrole nitrogens is 2. The Morgan fingerprint density at radius 3 is 2.66 bits per heavy atom. The van der Waals surface area contributed by atoms with Gasteiger partial charge in [-0.25, -0.2) is 19.7 Å². The van der Waals surface area contributed by atoms with Crippen LogP contribution in [0.15, 0.2) is 41.6 Å². The number of aromatic nitrogens is 8. The lowest BCUT2D eigenvalue weighted by Crippen LogP contribution is -2.37. The van der Waals surface area contributed by atoms with E-state index in [1.807, 2.05) is 34.3 Å². The van der Waals surface area contributed by atoms with Crippen LogP contribution in [0.2, 0.25) is 0 Å². The molecule has 0 amide bonds. The van der Waals surface area contributed by atoms with Gasteiger partial charge in [-0.15, -0.1) is 0 Å². The SMILES string of the molecule is Cn1c(-c2cn[nH]c2C(F)(F)F)nc2c(N3CCC(n4c(=O)[nH]c5ccccc54)CC3)ncnc21. The molecule has 0 aliphatic carbocycles. The summed E-state index contributed by atoms with van der Waals surface area (Å²) in [6.45, 7) is 1.21. The molecule has 5 heterocycles. The molecular weight excluding hydrogens is 463 g/mol. The van der Waals surface area contributed by atoms with E-state index in [9.17, 15) is 18.0 Å². The molecule has 0 atom stereocenters. The molecule has 1 aromatic carbocycles. The van der Waals surface area contributed by atoms with Crippen molar-refractivity contribution >= 4 is 28.0 Å². The van der Waals surface area contributed by atoms with E-state index in [0.29, 0.717) is 42.9 Å². The van der Waals surface area contributed by atoms with Crippen LogP contribution in [0.25, 0.3) is 33.6 Å². The van der Waals surface area contributed by atoms with Gasteiger partial charge in [-0.2, -0.15) is 18.3 Å². The first-order valence-electron chi connectivity index (χ1n) is 11.1. The summed E-state index contributed by atoms with van der Waals surface area (Å²) in [5.41, 5.74) is 1.27. The monoisotopic (exact) mass is 483 g/mol. The van der Waals surface area contributed by atoms with E-state index in [-0.39, 0.29) is 23.1 Å². The molecule has 0 radical (unpaired) electrons. The van der Waals surface area contributed by atoms with Crippen molar-refractivity contribution in [1.82, 2.24) is 39.3 Å². The number of imidazole rings is 2. The van der Waals surface area contributed by atoms with Crippen molar-refractivity contribution in [3.63, 3.8) is 0 Å². The van der Waals surface area contributed by atoms with Crippen LogP contribution in [0.1, 0.15) is 24.6 Å². The first kappa shape index (κ1) is 21.4. The zero-order valence-electron chi connectivity index (χ0n) is 18.5. The zero-order valence-corrected chi connectivity index (χ0v) is 18.5. The van der Waals surface area contributed by atoms with Crippen molar-refractivity contribution in [2.45, 2.75) is 25.1 Å². The molecular formula is C22H20F3N9O. The van der Waals surface area contributed by atoms with Gasteiger partial charge in [-0.1, -0.05) is 12.1 Å². The van der Waals surface area contributed by atoms with E-state index >= 15 is 0 Å². The number of nitrogens with one attached hydrogen (secondary N) is 2. The maximum Gasteiger partial charge on any atom is 0.433 e. The van der Waals surface area contributed by atoms with E-state index in [2.05, 4.69) is 25.0 Å². The minimum Gasteiger partial charge on any atom is -0.355 e. The van der Waals surface area contributed by atoms with Gasteiger partial charge in [0.1, 0.15) is 12.2 Å². The Hall–Kier alpha value is -4.16. The highest BCUT2D eigenvalue weighted by Crippen LogP contribution is 2.37. The number of para-hydroxylation sites is 2. The predicted molar refractivity (Wildman–Crippen MR) is 122 cm³/mol. The van der Waals surface area contributed by atoms with Crippen LogP contribution >= 0.6 is 0 Å². The Morgan fingerprint density at radius 1 is 1.11 bits per heavy atom. The van der Waals surface area contributed by atoms with Gasteiger partial charge in [-0.05, 0) is 25.0 Å². The van der Waals surface area contributed by atoms with Gasteiger partial charge in [-0.3, -0.25) is 9.67 Å². The number of nitrogens with zero attached hydrogens (tertiary/aromatic N) is 7. The summed E-state index contributed by atoms with van der Waals surface area (Å²) in [6, 6.07) is 7.61. The Morgan fingerprint density at radius 2 is 1.89 bits per heavy atom. The number of hydrogen-bond donors (Lipinski definition) is 2. The Bertz CT molecular complexity index is 1600. The van der Waals surface area contributed by atoms with Crippen LogP contribution in [0.3, 0.4) is 0 Å². The van der Waals surface area contributed by atoms with E-state index < -0.39 is 11.9 Å². The topological polar surface area (TPSA) is 113 Å². The average molecular weight is 483 g/mol. The van der Waals surface area contributed by atoms with Crippen molar-refractivity contribution < 1.29 is 13.2 Å². The number of anilines is 1. The molecule has 0 saturated carbocycles. The van der Waals surface area contributed by atoms with Crippen LogP contribution in [0.5, 0.6) is 0 Å². The fourth-order valence-corrected chi connectivity index (χ4v) is 4.90. The molecule has 0 spiro atoms. The van der Waals surface area contributed by atoms with Crippen LogP contribution in [-0.4, -0.2) is 52.4 Å². The smallest absolute Gasteiger partial charge is 0.355 e. The molecule has 1 aliphatic heterocycles. The summed E-state index contributed by atoms with van der Waals surface area (Å²) < 4.78 is 43.6. The lowest BCUT2D eigenvalue weighted by atomic mass is 10.0. The number of alkyl halides is 3. The third kappa shape index (κ3) is 3.37. The highest BCUT2D eigenvalue weighted by atomic mass is 19.4. The highest BCUT2D eigenvalue weighted by Gasteiger charge is 2.37. The molecule has 1 saturated heterocycles. The number of aryl methyl sites for hydroxylation is 1. The minimum atomic E-state index is -4.60. The van der Waals surface area contributed by atoms with Crippen molar-refractivity contribution in [3.8, 4) is 11.4 Å². The average Bonchev–Trinajstić information content (AvgIpc) is 3.54. The normalized spacial score (nSPS) is 15.5. The number of benzene rings is 1. The maximum absolute atomic E-state index is 13.4. The predicted octanol–water partition coefficient (Wildman–Crippen LogP) is 3.26. The standard InChI is InChI=1S/C22H20F3N9O/c1-32-18(13-10-28-31-17(13)22(23,24)25)30-16-19(32)26-11-27-20(16)33-8-6-12(7-9-33)34-15-5-3-2-4-14(15)29-21(34)35/h2-5,10-12H,6-9H2,1H3,(H,28,31)(H,29,35). The molecule has 4 aromatic heterocycles. The van der Waals surface area contributed by atoms with Gasteiger partial charge in [0, 0.05) is 26.2 Å². The fourth-order valence-electron chi connectivity index (χ4n) is 4.90. The van der Waals surface area contributed by atoms with Crippen LogP contribution in [0, 0.1) is 0 Å². The molecule has 0 bridgehead atoms. The molecule has 35 heavy (non-hydrogen) atoms. The summed E-state index contributed by atoms with van der Waals surface area (Å²) in [5.74, 6) is 0.654. The molecule has 13 heteroatoms. The molecule has 1 fully saturated rings. The first-order chi connectivity index (χ1) is 16.8. The number of fused-ring (bicyclic) bond motifs is 2. The van der Waals surface area contributed by atoms with Crippen LogP contribution < -0.4 is 10.6 Å². The van der Waals surface area contributed by atoms with Crippen LogP contribution in [0.4, 0.5) is 19.0 Å². The minimum absolute atomic E-state index is 0.0202. The Balaban J connectivity index is 1.33. The second-order valence-corrected chi connectivity index (χ2v) is 8.56. The van der Waals surface area contributed by atoms with E-state index in [0.717, 1.165) is 17.2 Å². The first-order valence-corrected chi connectivity index (χ1v) is 11.1. The number of piperidine rings is 1. The summed E-state index contributed by atoms with van der Waals surface area (Å²) in [7, 11) is 1.62. The quantitative estimate of drug-likeness (QED) is 0.407. The van der Waals surface area contributed by atoms with Gasteiger partial charge in [0.05, 0.1) is 22.8 Å². The molecule has 1 aliphatic rings. The largest absolute Gasteiger partial charge is 0.433 e. The third-order valence-corrected chi connectivity index (χ3v) is 6.55. The second kappa shape index (κ2) is 7.68. The van der Waals surface area contributed by atoms with Crippen molar-refractivity contribution in [2.24, 2.45) is 7.05 Å². The summed E-state index contributed by atoms with van der Waals surface area (Å²) in [4.78, 5) is 30.7. The summed E-state index contributed by atoms with van der Waals surface area (Å²) >= 11 is 0. The van der Waals surface area contributed by atoms with Gasteiger partial charge in [0.2, 0.25) is 0 Å². The van der Waals surface area contributed by atoms with Crippen molar-refractivity contribution in [3.05, 3.63) is 53.0 Å². The van der Waals surface area contributed by atoms with E-state index in [1.165, 1.54) is 10.9 Å². The second-order valence-electron chi connectivity index (χ2n) is 8.56. The van der Waals surface area contributed by atoms with Crippen molar-refractivity contribution in [2.75, 3.05) is 18.0 Å². The molecule has 10 nitrogen and oxygen atoms in total. The zero-order chi connectivity index (χ0) is 24.3. The maximum atomic E-state index is 13.4. The number of aromatic amines is 2. The number of halogens is 3.